The lowest BCUT2D eigenvalue weighted by Gasteiger charge is -2.07. The molecule has 1 atom stereocenters. The van der Waals surface area contributed by atoms with Crippen LogP contribution < -0.4 is 11.1 Å². The zero-order valence-electron chi connectivity index (χ0n) is 11.0. The first-order valence-electron chi connectivity index (χ1n) is 6.26. The van der Waals surface area contributed by atoms with Gasteiger partial charge in [0.15, 0.2) is 5.69 Å². The van der Waals surface area contributed by atoms with E-state index >= 15 is 0 Å². The molecule has 0 bridgehead atoms. The van der Waals surface area contributed by atoms with E-state index in [0.717, 1.165) is 12.8 Å². The van der Waals surface area contributed by atoms with Crippen molar-refractivity contribution < 1.29 is 14.7 Å². The van der Waals surface area contributed by atoms with E-state index in [1.807, 2.05) is 6.92 Å². The topological polar surface area (TPSA) is 110 Å². The number of aromatic carboxylic acids is 1. The number of amides is 1. The van der Waals surface area contributed by atoms with Crippen LogP contribution in [0.1, 0.15) is 36.7 Å². The molecule has 0 aliphatic heterocycles. The number of imidazole rings is 1. The van der Waals surface area contributed by atoms with Crippen molar-refractivity contribution in [2.24, 2.45) is 5.73 Å². The van der Waals surface area contributed by atoms with Gasteiger partial charge in [0, 0.05) is 31.7 Å². The molecule has 1 aromatic heterocycles. The highest BCUT2D eigenvalue weighted by Crippen LogP contribution is 1.98. The van der Waals surface area contributed by atoms with Crippen molar-refractivity contribution in [2.45, 2.75) is 38.8 Å². The number of rotatable bonds is 8. The Morgan fingerprint density at radius 1 is 1.58 bits per heavy atom. The molecule has 0 aromatic carbocycles. The van der Waals surface area contributed by atoms with Crippen LogP contribution >= 0.6 is 0 Å². The van der Waals surface area contributed by atoms with Gasteiger partial charge in [0.1, 0.15) is 0 Å². The number of hydrogen-bond donors (Lipinski definition) is 3. The van der Waals surface area contributed by atoms with E-state index in [1.165, 1.54) is 12.5 Å². The minimum atomic E-state index is -1.06. The van der Waals surface area contributed by atoms with Crippen molar-refractivity contribution in [1.82, 2.24) is 14.9 Å². The number of nitrogens with two attached hydrogens (primary N) is 1. The van der Waals surface area contributed by atoms with Gasteiger partial charge in [-0.2, -0.15) is 0 Å². The highest BCUT2D eigenvalue weighted by Gasteiger charge is 2.06. The summed E-state index contributed by atoms with van der Waals surface area (Å²) in [6.07, 6.45) is 4.94. The minimum absolute atomic E-state index is 0.00302. The summed E-state index contributed by atoms with van der Waals surface area (Å²) in [4.78, 5) is 25.8. The number of aromatic nitrogens is 2. The Labute approximate surface area is 111 Å². The molecule has 7 heteroatoms. The van der Waals surface area contributed by atoms with Gasteiger partial charge in [-0.3, -0.25) is 4.79 Å². The maximum Gasteiger partial charge on any atom is 0.356 e. The molecule has 7 nitrogen and oxygen atoms in total. The molecule has 0 fully saturated rings. The van der Waals surface area contributed by atoms with Gasteiger partial charge in [-0.1, -0.05) is 0 Å². The molecule has 0 radical (unpaired) electrons. The number of carbonyl (C=O) groups excluding carboxylic acids is 1. The van der Waals surface area contributed by atoms with Crippen molar-refractivity contribution in [2.75, 3.05) is 6.54 Å². The lowest BCUT2D eigenvalue weighted by molar-refractivity contribution is -0.121. The maximum absolute atomic E-state index is 11.5. The number of carbonyl (C=O) groups is 2. The lowest BCUT2D eigenvalue weighted by atomic mass is 10.1. The molecular weight excluding hydrogens is 248 g/mol. The van der Waals surface area contributed by atoms with Crippen LogP contribution in [0.3, 0.4) is 0 Å². The van der Waals surface area contributed by atoms with E-state index in [-0.39, 0.29) is 17.6 Å². The van der Waals surface area contributed by atoms with Crippen LogP contribution in [-0.4, -0.2) is 39.1 Å². The summed E-state index contributed by atoms with van der Waals surface area (Å²) < 4.78 is 1.63. The van der Waals surface area contributed by atoms with Crippen molar-refractivity contribution in [1.29, 1.82) is 0 Å². The number of carboxylic acids is 1. The molecular formula is C12H20N4O3. The zero-order chi connectivity index (χ0) is 14.3. The highest BCUT2D eigenvalue weighted by atomic mass is 16.4. The Morgan fingerprint density at radius 3 is 2.89 bits per heavy atom. The Hall–Kier alpha value is -1.89. The van der Waals surface area contributed by atoms with Crippen LogP contribution in [0.2, 0.25) is 0 Å². The Balaban J connectivity index is 2.18. The van der Waals surface area contributed by atoms with Crippen molar-refractivity contribution >= 4 is 11.9 Å². The fourth-order valence-electron chi connectivity index (χ4n) is 1.59. The van der Waals surface area contributed by atoms with Gasteiger partial charge in [0.25, 0.3) is 0 Å². The zero-order valence-corrected chi connectivity index (χ0v) is 11.0. The average Bonchev–Trinajstić information content (AvgIpc) is 2.77. The second-order valence-electron chi connectivity index (χ2n) is 4.52. The first-order chi connectivity index (χ1) is 8.99. The largest absolute Gasteiger partial charge is 0.476 e. The molecule has 0 saturated heterocycles. The van der Waals surface area contributed by atoms with Gasteiger partial charge in [-0.05, 0) is 19.8 Å². The lowest BCUT2D eigenvalue weighted by Crippen LogP contribution is -2.27. The van der Waals surface area contributed by atoms with Crippen LogP contribution in [0.25, 0.3) is 0 Å². The number of nitrogens with zero attached hydrogens (tertiary/aromatic N) is 2. The third-order valence-corrected chi connectivity index (χ3v) is 2.61. The summed E-state index contributed by atoms with van der Waals surface area (Å²) in [6.45, 7) is 2.86. The molecule has 1 amide bonds. The van der Waals surface area contributed by atoms with Crippen LogP contribution in [0, 0.1) is 0 Å². The van der Waals surface area contributed by atoms with E-state index < -0.39 is 5.97 Å². The molecule has 1 aromatic rings. The minimum Gasteiger partial charge on any atom is -0.476 e. The molecule has 1 heterocycles. The molecule has 1 unspecified atom stereocenters. The summed E-state index contributed by atoms with van der Waals surface area (Å²) in [5, 5.41) is 11.5. The van der Waals surface area contributed by atoms with E-state index in [2.05, 4.69) is 10.3 Å². The van der Waals surface area contributed by atoms with Gasteiger partial charge < -0.3 is 20.7 Å². The fraction of sp³-hybridized carbons (Fsp3) is 0.583. The Bertz CT molecular complexity index is 428. The SMILES string of the molecule is CC(N)CCCC(=O)NCCn1cnc(C(=O)O)c1. The van der Waals surface area contributed by atoms with E-state index in [0.29, 0.717) is 19.5 Å². The highest BCUT2D eigenvalue weighted by molar-refractivity contribution is 5.84. The molecule has 0 aliphatic rings. The smallest absolute Gasteiger partial charge is 0.356 e. The fourth-order valence-corrected chi connectivity index (χ4v) is 1.59. The van der Waals surface area contributed by atoms with E-state index in [1.54, 1.807) is 4.57 Å². The Kier molecular flexibility index (Phi) is 6.01. The monoisotopic (exact) mass is 268 g/mol. The summed E-state index contributed by atoms with van der Waals surface area (Å²) >= 11 is 0. The van der Waals surface area contributed by atoms with Crippen molar-refractivity contribution in [3.63, 3.8) is 0 Å². The summed E-state index contributed by atoms with van der Waals surface area (Å²) in [7, 11) is 0. The predicted octanol–water partition coefficient (Wildman–Crippen LogP) is 0.215. The first-order valence-corrected chi connectivity index (χ1v) is 6.26. The van der Waals surface area contributed by atoms with Crippen LogP contribution in [-0.2, 0) is 11.3 Å². The normalized spacial score (nSPS) is 12.1. The molecule has 106 valence electrons. The third-order valence-electron chi connectivity index (χ3n) is 2.61. The number of hydrogen-bond acceptors (Lipinski definition) is 4. The molecule has 4 N–H and O–H groups in total. The quantitative estimate of drug-likeness (QED) is 0.624. The molecule has 19 heavy (non-hydrogen) atoms. The summed E-state index contributed by atoms with van der Waals surface area (Å²) in [5.74, 6) is -1.07. The van der Waals surface area contributed by atoms with Gasteiger partial charge in [0.2, 0.25) is 5.91 Å². The average molecular weight is 268 g/mol. The third kappa shape index (κ3) is 6.01. The molecule has 1 rings (SSSR count). The second-order valence-corrected chi connectivity index (χ2v) is 4.52. The number of carboxylic acid groups (broad SMARTS) is 1. The van der Waals surface area contributed by atoms with Gasteiger partial charge in [-0.25, -0.2) is 9.78 Å². The van der Waals surface area contributed by atoms with Gasteiger partial charge in [-0.15, -0.1) is 0 Å². The molecule has 0 aliphatic carbocycles. The van der Waals surface area contributed by atoms with Gasteiger partial charge >= 0.3 is 5.97 Å². The van der Waals surface area contributed by atoms with Crippen molar-refractivity contribution in [3.05, 3.63) is 18.2 Å². The summed E-state index contributed by atoms with van der Waals surface area (Å²) in [6, 6.07) is 0.119. The maximum atomic E-state index is 11.5. The standard InChI is InChI=1S/C12H20N4O3/c1-9(13)3-2-4-11(17)14-5-6-16-7-10(12(18)19)15-8-16/h7-9H,2-6,13H2,1H3,(H,14,17)(H,18,19). The molecule has 0 spiro atoms. The first kappa shape index (κ1) is 15.2. The van der Waals surface area contributed by atoms with E-state index in [9.17, 15) is 9.59 Å². The van der Waals surface area contributed by atoms with E-state index in [4.69, 9.17) is 10.8 Å². The summed E-state index contributed by atoms with van der Waals surface area (Å²) in [5.41, 5.74) is 5.59. The van der Waals surface area contributed by atoms with Crippen LogP contribution in [0.5, 0.6) is 0 Å². The Morgan fingerprint density at radius 2 is 2.32 bits per heavy atom. The second kappa shape index (κ2) is 7.52. The van der Waals surface area contributed by atoms with Crippen molar-refractivity contribution in [3.8, 4) is 0 Å². The number of nitrogens with one attached hydrogen (secondary N) is 1. The predicted molar refractivity (Wildman–Crippen MR) is 69.7 cm³/mol. The molecule has 0 saturated carbocycles. The van der Waals surface area contributed by atoms with Crippen LogP contribution in [0.15, 0.2) is 12.5 Å². The van der Waals surface area contributed by atoms with Gasteiger partial charge in [0.05, 0.1) is 6.33 Å². The van der Waals surface area contributed by atoms with Crippen LogP contribution in [0.4, 0.5) is 0 Å².